The average Bonchev–Trinajstić information content (AvgIpc) is 2.98. The first-order valence-corrected chi connectivity index (χ1v) is 9.97. The second-order valence-electron chi connectivity index (χ2n) is 8.32. The predicted octanol–water partition coefficient (Wildman–Crippen LogP) is 1.91. The fourth-order valence-corrected chi connectivity index (χ4v) is 5.95. The van der Waals surface area contributed by atoms with E-state index in [0.29, 0.717) is 30.9 Å². The zero-order chi connectivity index (χ0) is 20.5. The van der Waals surface area contributed by atoms with E-state index in [1.807, 2.05) is 17.0 Å². The van der Waals surface area contributed by atoms with Crippen LogP contribution in [0.15, 0.2) is 24.3 Å². The minimum absolute atomic E-state index is 0.0277. The fourth-order valence-electron chi connectivity index (χ4n) is 5.95. The molecular weight excluding hydrogens is 374 g/mol. The first-order chi connectivity index (χ1) is 13.8. The second-order valence-corrected chi connectivity index (χ2v) is 8.32. The lowest BCUT2D eigenvalue weighted by Gasteiger charge is -2.57. The van der Waals surface area contributed by atoms with Crippen LogP contribution in [0.2, 0.25) is 0 Å². The molecule has 0 N–H and O–H groups in total. The number of rotatable bonds is 2. The summed E-state index contributed by atoms with van der Waals surface area (Å²) in [6.07, 6.45) is 4.44. The third kappa shape index (κ3) is 2.39. The van der Waals surface area contributed by atoms with Gasteiger partial charge in [-0.15, -0.1) is 0 Å². The maximum Gasteiger partial charge on any atom is 0.308 e. The minimum Gasteiger partial charge on any atom is -0.481 e. The molecule has 152 valence electrons. The third-order valence-corrected chi connectivity index (χ3v) is 6.80. The highest BCUT2D eigenvalue weighted by Gasteiger charge is 2.65. The van der Waals surface area contributed by atoms with E-state index in [2.05, 4.69) is 6.08 Å². The second kappa shape index (κ2) is 6.08. The van der Waals surface area contributed by atoms with Gasteiger partial charge < -0.3 is 19.1 Å². The van der Waals surface area contributed by atoms with E-state index >= 15 is 0 Å². The Morgan fingerprint density at radius 2 is 1.93 bits per heavy atom. The molecule has 5 unspecified atom stereocenters. The van der Waals surface area contributed by atoms with Crippen LogP contribution in [-0.4, -0.2) is 47.5 Å². The van der Waals surface area contributed by atoms with Gasteiger partial charge in [0.15, 0.2) is 17.6 Å². The molecule has 2 bridgehead atoms. The van der Waals surface area contributed by atoms with Gasteiger partial charge in [-0.2, -0.15) is 0 Å². The lowest BCUT2D eigenvalue weighted by atomic mass is 9.53. The molecule has 1 saturated heterocycles. The van der Waals surface area contributed by atoms with E-state index in [0.717, 1.165) is 11.1 Å². The van der Waals surface area contributed by atoms with Crippen molar-refractivity contribution in [2.75, 3.05) is 6.54 Å². The summed E-state index contributed by atoms with van der Waals surface area (Å²) < 4.78 is 17.4. The van der Waals surface area contributed by atoms with Crippen molar-refractivity contribution in [3.63, 3.8) is 0 Å². The quantitative estimate of drug-likeness (QED) is 0.431. The highest BCUT2D eigenvalue weighted by molar-refractivity contribution is 5.76. The number of likely N-dealkylation sites (tertiary alicyclic amines) is 1. The van der Waals surface area contributed by atoms with Gasteiger partial charge in [-0.25, -0.2) is 0 Å². The number of carbonyl (C=O) groups excluding carboxylic acids is 3. The van der Waals surface area contributed by atoms with Crippen LogP contribution < -0.4 is 9.47 Å². The molecule has 1 aromatic rings. The van der Waals surface area contributed by atoms with Crippen molar-refractivity contribution < 1.29 is 28.6 Å². The Bertz CT molecular complexity index is 968. The largest absolute Gasteiger partial charge is 0.481 e. The molecule has 2 aliphatic carbocycles. The maximum atomic E-state index is 12.3. The molecule has 2 heterocycles. The van der Waals surface area contributed by atoms with Crippen molar-refractivity contribution in [2.45, 2.75) is 57.3 Å². The highest BCUT2D eigenvalue weighted by atomic mass is 16.6. The normalized spacial score (nSPS) is 32.9. The number of benzene rings is 1. The molecule has 1 spiro atoms. The number of ether oxygens (including phenoxy) is 3. The number of piperidine rings is 1. The van der Waals surface area contributed by atoms with Gasteiger partial charge in [0.2, 0.25) is 5.91 Å². The first-order valence-electron chi connectivity index (χ1n) is 9.97. The van der Waals surface area contributed by atoms with Crippen LogP contribution in [0.4, 0.5) is 0 Å². The Balaban J connectivity index is 1.71. The van der Waals surface area contributed by atoms with Gasteiger partial charge in [0, 0.05) is 44.8 Å². The summed E-state index contributed by atoms with van der Waals surface area (Å²) in [6.45, 7) is 4.98. The molecule has 5 atom stereocenters. The van der Waals surface area contributed by atoms with Crippen molar-refractivity contribution in [1.29, 1.82) is 0 Å². The Labute approximate surface area is 168 Å². The summed E-state index contributed by atoms with van der Waals surface area (Å²) in [6, 6.07) is 3.75. The van der Waals surface area contributed by atoms with Crippen LogP contribution in [-0.2, 0) is 31.0 Å². The molecular formula is C22H23NO6. The molecule has 0 aromatic heterocycles. The Hall–Kier alpha value is -2.83. The fraction of sp³-hybridized carbons (Fsp3) is 0.500. The van der Waals surface area contributed by atoms with Crippen molar-refractivity contribution >= 4 is 17.8 Å². The molecule has 5 rings (SSSR count). The highest BCUT2D eigenvalue weighted by Crippen LogP contribution is 2.62. The molecule has 0 radical (unpaired) electrons. The summed E-state index contributed by atoms with van der Waals surface area (Å²) in [5.74, 6) is 0.303. The molecule has 1 fully saturated rings. The van der Waals surface area contributed by atoms with Crippen molar-refractivity contribution in [3.8, 4) is 11.5 Å². The summed E-state index contributed by atoms with van der Waals surface area (Å²) in [7, 11) is 0. The van der Waals surface area contributed by atoms with Crippen LogP contribution in [0.5, 0.6) is 11.5 Å². The topological polar surface area (TPSA) is 82.1 Å². The molecule has 29 heavy (non-hydrogen) atoms. The summed E-state index contributed by atoms with van der Waals surface area (Å²) in [4.78, 5) is 37.6. The van der Waals surface area contributed by atoms with E-state index in [4.69, 9.17) is 14.2 Å². The van der Waals surface area contributed by atoms with Gasteiger partial charge in [-0.1, -0.05) is 12.1 Å². The zero-order valence-electron chi connectivity index (χ0n) is 16.6. The van der Waals surface area contributed by atoms with E-state index < -0.39 is 23.6 Å². The molecule has 7 heteroatoms. The van der Waals surface area contributed by atoms with E-state index in [9.17, 15) is 14.4 Å². The van der Waals surface area contributed by atoms with E-state index in [1.54, 1.807) is 13.0 Å². The van der Waals surface area contributed by atoms with Crippen LogP contribution in [0.3, 0.4) is 0 Å². The predicted molar refractivity (Wildman–Crippen MR) is 102 cm³/mol. The number of amides is 1. The average molecular weight is 397 g/mol. The monoisotopic (exact) mass is 397 g/mol. The third-order valence-electron chi connectivity index (χ3n) is 6.80. The Morgan fingerprint density at radius 1 is 1.14 bits per heavy atom. The van der Waals surface area contributed by atoms with Crippen LogP contribution in [0, 0.1) is 5.92 Å². The molecule has 0 saturated carbocycles. The van der Waals surface area contributed by atoms with Gasteiger partial charge >= 0.3 is 11.9 Å². The zero-order valence-corrected chi connectivity index (χ0v) is 16.6. The van der Waals surface area contributed by atoms with Crippen LogP contribution in [0.25, 0.3) is 0 Å². The Morgan fingerprint density at radius 3 is 2.62 bits per heavy atom. The molecule has 7 nitrogen and oxygen atoms in total. The van der Waals surface area contributed by atoms with Crippen molar-refractivity contribution in [1.82, 2.24) is 4.90 Å². The van der Waals surface area contributed by atoms with Gasteiger partial charge in [-0.3, -0.25) is 14.4 Å². The number of hydrogen-bond acceptors (Lipinski definition) is 6. The standard InChI is InChI=1S/C22H23NO6/c1-11(24)23-9-8-22-15-5-7-18(28-13(3)26)21(22)29-20-17(27-12(2)25)6-4-14(19(20)22)10-16(15)23/h4-7,15-16,18,21H,8-10H2,1-3H3. The smallest absolute Gasteiger partial charge is 0.308 e. The number of hydrogen-bond donors (Lipinski definition) is 0. The van der Waals surface area contributed by atoms with Gasteiger partial charge in [0.25, 0.3) is 0 Å². The lowest BCUT2D eigenvalue weighted by molar-refractivity contribution is -0.153. The van der Waals surface area contributed by atoms with E-state index in [1.165, 1.54) is 13.8 Å². The minimum atomic E-state index is -0.531. The maximum absolute atomic E-state index is 12.3. The van der Waals surface area contributed by atoms with E-state index in [-0.39, 0.29) is 23.8 Å². The molecule has 1 amide bonds. The van der Waals surface area contributed by atoms with Crippen LogP contribution in [0.1, 0.15) is 38.3 Å². The van der Waals surface area contributed by atoms with Gasteiger partial charge in [-0.05, 0) is 30.5 Å². The summed E-state index contributed by atoms with van der Waals surface area (Å²) >= 11 is 0. The van der Waals surface area contributed by atoms with Gasteiger partial charge in [0.05, 0.1) is 5.41 Å². The van der Waals surface area contributed by atoms with Crippen LogP contribution >= 0.6 is 0 Å². The first kappa shape index (κ1) is 18.2. The Kier molecular flexibility index (Phi) is 3.82. The van der Waals surface area contributed by atoms with Crippen molar-refractivity contribution in [2.24, 2.45) is 5.92 Å². The number of nitrogens with zero attached hydrogens (tertiary/aromatic N) is 1. The molecule has 4 aliphatic rings. The molecule has 2 aliphatic heterocycles. The number of esters is 2. The van der Waals surface area contributed by atoms with Gasteiger partial charge in [0.1, 0.15) is 6.10 Å². The summed E-state index contributed by atoms with van der Waals surface area (Å²) in [5, 5.41) is 0. The van der Waals surface area contributed by atoms with Crippen molar-refractivity contribution in [3.05, 3.63) is 35.4 Å². The summed E-state index contributed by atoms with van der Waals surface area (Å²) in [5.41, 5.74) is 1.74. The molecule has 1 aromatic carbocycles. The SMILES string of the molecule is CC(=O)Oc1ccc2c3c1OC1C(OC(C)=O)C=CC4C(C2)N(C(C)=O)CCC341. The number of carbonyl (C=O) groups is 3. The lowest BCUT2D eigenvalue weighted by Crippen LogP contribution is -2.66.